The standard InChI is InChI=1S/C9H13N2O6P/c12-4-7-6(17-18(13)14)3-9(15-7)16-8-1-2-10-5-11-8/h1-2,5-7,9,12,18H,3-4H2,(H,13,14)/t6-,7+,9-/m0/s1. The summed E-state index contributed by atoms with van der Waals surface area (Å²) in [6, 6.07) is 1.56. The zero-order valence-electron chi connectivity index (χ0n) is 9.30. The summed E-state index contributed by atoms with van der Waals surface area (Å²) in [4.78, 5) is 16.3. The molecule has 0 bridgehead atoms. The number of ether oxygens (including phenoxy) is 2. The lowest BCUT2D eigenvalue weighted by atomic mass is 10.2. The number of hydrogen-bond acceptors (Lipinski definition) is 7. The highest BCUT2D eigenvalue weighted by Crippen LogP contribution is 2.31. The molecule has 0 amide bonds. The summed E-state index contributed by atoms with van der Waals surface area (Å²) < 4.78 is 26.2. The summed E-state index contributed by atoms with van der Waals surface area (Å²) in [7, 11) is -3.08. The molecule has 9 heteroatoms. The summed E-state index contributed by atoms with van der Waals surface area (Å²) in [5, 5.41) is 9.07. The molecular weight excluding hydrogens is 263 g/mol. The van der Waals surface area contributed by atoms with Gasteiger partial charge in [0.25, 0.3) is 0 Å². The Bertz CT molecular complexity index is 405. The van der Waals surface area contributed by atoms with Crippen molar-refractivity contribution in [1.29, 1.82) is 0 Å². The van der Waals surface area contributed by atoms with Gasteiger partial charge in [-0.05, 0) is 0 Å². The van der Waals surface area contributed by atoms with Gasteiger partial charge in [-0.15, -0.1) is 0 Å². The van der Waals surface area contributed by atoms with Crippen molar-refractivity contribution < 1.29 is 28.6 Å². The predicted molar refractivity (Wildman–Crippen MR) is 59.1 cm³/mol. The maximum atomic E-state index is 10.6. The van der Waals surface area contributed by atoms with Gasteiger partial charge in [0.05, 0.1) is 6.61 Å². The van der Waals surface area contributed by atoms with E-state index in [0.29, 0.717) is 5.88 Å². The minimum absolute atomic E-state index is 0.242. The van der Waals surface area contributed by atoms with Crippen LogP contribution in [0.1, 0.15) is 6.42 Å². The Balaban J connectivity index is 1.94. The van der Waals surface area contributed by atoms with E-state index in [-0.39, 0.29) is 13.0 Å². The molecule has 0 spiro atoms. The Kier molecular flexibility index (Phi) is 4.62. The van der Waals surface area contributed by atoms with Crippen molar-refractivity contribution >= 4 is 8.25 Å². The van der Waals surface area contributed by atoms with Crippen LogP contribution in [0.25, 0.3) is 0 Å². The molecule has 1 saturated heterocycles. The zero-order chi connectivity index (χ0) is 13.0. The summed E-state index contributed by atoms with van der Waals surface area (Å²) >= 11 is 0. The third-order valence-corrected chi connectivity index (χ3v) is 2.91. The van der Waals surface area contributed by atoms with Crippen LogP contribution in [0.15, 0.2) is 18.6 Å². The van der Waals surface area contributed by atoms with Gasteiger partial charge in [-0.1, -0.05) is 0 Å². The maximum Gasteiger partial charge on any atom is 0.316 e. The number of aliphatic hydroxyl groups excluding tert-OH is 1. The number of hydrogen-bond donors (Lipinski definition) is 2. The predicted octanol–water partition coefficient (Wildman–Crippen LogP) is -0.270. The van der Waals surface area contributed by atoms with Crippen molar-refractivity contribution in [3.63, 3.8) is 0 Å². The largest absolute Gasteiger partial charge is 0.448 e. The van der Waals surface area contributed by atoms with Gasteiger partial charge in [0.1, 0.15) is 18.5 Å². The van der Waals surface area contributed by atoms with Crippen molar-refractivity contribution in [2.24, 2.45) is 0 Å². The van der Waals surface area contributed by atoms with E-state index in [0.717, 1.165) is 0 Å². The summed E-state index contributed by atoms with van der Waals surface area (Å²) in [6.07, 6.45) is 1.06. The van der Waals surface area contributed by atoms with Crippen LogP contribution in [-0.4, -0.2) is 45.1 Å². The van der Waals surface area contributed by atoms with Crippen LogP contribution >= 0.6 is 8.25 Å². The fourth-order valence-corrected chi connectivity index (χ4v) is 2.16. The van der Waals surface area contributed by atoms with E-state index in [9.17, 15) is 4.57 Å². The van der Waals surface area contributed by atoms with Gasteiger partial charge in [-0.2, -0.15) is 0 Å². The zero-order valence-corrected chi connectivity index (χ0v) is 10.3. The summed E-state index contributed by atoms with van der Waals surface area (Å²) in [5.74, 6) is 0.323. The van der Waals surface area contributed by atoms with Crippen LogP contribution in [0.4, 0.5) is 0 Å². The smallest absolute Gasteiger partial charge is 0.316 e. The maximum absolute atomic E-state index is 10.6. The molecule has 8 nitrogen and oxygen atoms in total. The Morgan fingerprint density at radius 2 is 2.44 bits per heavy atom. The highest BCUT2D eigenvalue weighted by atomic mass is 31.1. The topological polar surface area (TPSA) is 111 Å². The fourth-order valence-electron chi connectivity index (χ4n) is 1.65. The Hall–Kier alpha value is -1.05. The van der Waals surface area contributed by atoms with E-state index < -0.39 is 26.8 Å². The van der Waals surface area contributed by atoms with Gasteiger partial charge in [-0.3, -0.25) is 4.57 Å². The molecular formula is C9H13N2O6P. The molecule has 1 aliphatic rings. The van der Waals surface area contributed by atoms with Crippen molar-refractivity contribution in [3.05, 3.63) is 18.6 Å². The van der Waals surface area contributed by atoms with Crippen LogP contribution < -0.4 is 4.74 Å². The number of aromatic nitrogens is 2. The second-order valence-electron chi connectivity index (χ2n) is 3.61. The summed E-state index contributed by atoms with van der Waals surface area (Å²) in [6.45, 7) is -0.316. The average Bonchev–Trinajstić information content (AvgIpc) is 2.71. The molecule has 4 atom stereocenters. The molecule has 2 N–H and O–H groups in total. The molecule has 1 aromatic rings. The van der Waals surface area contributed by atoms with Crippen molar-refractivity contribution in [1.82, 2.24) is 9.97 Å². The van der Waals surface area contributed by atoms with Crippen molar-refractivity contribution in [3.8, 4) is 5.88 Å². The first-order valence-corrected chi connectivity index (χ1v) is 6.54. The van der Waals surface area contributed by atoms with E-state index in [1.807, 2.05) is 0 Å². The molecule has 0 aromatic carbocycles. The lowest BCUT2D eigenvalue weighted by Gasteiger charge is -2.14. The van der Waals surface area contributed by atoms with Gasteiger partial charge in [0.15, 0.2) is 0 Å². The van der Waals surface area contributed by atoms with E-state index in [4.69, 9.17) is 24.0 Å². The van der Waals surface area contributed by atoms with Crippen molar-refractivity contribution in [2.45, 2.75) is 24.9 Å². The van der Waals surface area contributed by atoms with Crippen LogP contribution in [0.2, 0.25) is 0 Å². The molecule has 18 heavy (non-hydrogen) atoms. The van der Waals surface area contributed by atoms with Crippen LogP contribution in [-0.2, 0) is 13.8 Å². The molecule has 100 valence electrons. The molecule has 1 aliphatic heterocycles. The minimum Gasteiger partial charge on any atom is -0.448 e. The lowest BCUT2D eigenvalue weighted by Crippen LogP contribution is -2.26. The van der Waals surface area contributed by atoms with E-state index in [2.05, 4.69) is 9.97 Å². The Morgan fingerprint density at radius 3 is 3.06 bits per heavy atom. The molecule has 1 fully saturated rings. The lowest BCUT2D eigenvalue weighted by molar-refractivity contribution is -0.0934. The quantitative estimate of drug-likeness (QED) is 0.707. The van der Waals surface area contributed by atoms with E-state index in [1.54, 1.807) is 6.07 Å². The van der Waals surface area contributed by atoms with Crippen LogP contribution in [0.5, 0.6) is 5.88 Å². The highest BCUT2D eigenvalue weighted by molar-refractivity contribution is 7.32. The van der Waals surface area contributed by atoms with Gasteiger partial charge >= 0.3 is 8.25 Å². The van der Waals surface area contributed by atoms with Crippen LogP contribution in [0.3, 0.4) is 0 Å². The monoisotopic (exact) mass is 276 g/mol. The van der Waals surface area contributed by atoms with E-state index >= 15 is 0 Å². The molecule has 1 unspecified atom stereocenters. The van der Waals surface area contributed by atoms with Gasteiger partial charge in [0.2, 0.25) is 12.2 Å². The molecule has 1 aromatic heterocycles. The number of aliphatic hydroxyl groups is 1. The Labute approximate surface area is 103 Å². The SMILES string of the molecule is O=[PH](O)O[C@H]1C[C@H](Oc2ccncn2)O[C@@H]1CO. The second-order valence-corrected chi connectivity index (χ2v) is 4.38. The third-order valence-electron chi connectivity index (χ3n) is 2.41. The molecule has 0 aliphatic carbocycles. The van der Waals surface area contributed by atoms with Gasteiger partial charge in [0, 0.05) is 18.7 Å². The third kappa shape index (κ3) is 3.47. The average molecular weight is 276 g/mol. The molecule has 2 heterocycles. The van der Waals surface area contributed by atoms with Crippen molar-refractivity contribution in [2.75, 3.05) is 6.61 Å². The fraction of sp³-hybridized carbons (Fsp3) is 0.556. The van der Waals surface area contributed by atoms with Crippen LogP contribution in [0, 0.1) is 0 Å². The highest BCUT2D eigenvalue weighted by Gasteiger charge is 2.38. The normalized spacial score (nSPS) is 29.1. The summed E-state index contributed by atoms with van der Waals surface area (Å²) in [5.41, 5.74) is 0. The first-order valence-electron chi connectivity index (χ1n) is 5.27. The number of rotatable bonds is 5. The van der Waals surface area contributed by atoms with Gasteiger partial charge < -0.3 is 24.0 Å². The molecule has 0 saturated carbocycles. The molecule has 0 radical (unpaired) electrons. The second kappa shape index (κ2) is 6.21. The first-order chi connectivity index (χ1) is 8.69. The number of nitrogens with zero attached hydrogens (tertiary/aromatic N) is 2. The van der Waals surface area contributed by atoms with Gasteiger partial charge in [-0.25, -0.2) is 9.97 Å². The van der Waals surface area contributed by atoms with E-state index in [1.165, 1.54) is 12.5 Å². The molecule has 2 rings (SSSR count). The minimum atomic E-state index is -3.08. The first kappa shape index (κ1) is 13.4. The Morgan fingerprint density at radius 1 is 1.61 bits per heavy atom.